The number of carbonyl (C=O) groups excluding carboxylic acids is 1. The van der Waals surface area contributed by atoms with Gasteiger partial charge in [-0.3, -0.25) is 14.2 Å². The van der Waals surface area contributed by atoms with Gasteiger partial charge in [0.05, 0.1) is 5.39 Å². The van der Waals surface area contributed by atoms with E-state index in [0.29, 0.717) is 11.6 Å². The van der Waals surface area contributed by atoms with Crippen molar-refractivity contribution in [3.63, 3.8) is 0 Å². The third-order valence-corrected chi connectivity index (χ3v) is 7.54. The van der Waals surface area contributed by atoms with Crippen molar-refractivity contribution in [1.82, 2.24) is 9.55 Å². The van der Waals surface area contributed by atoms with Crippen molar-refractivity contribution < 1.29 is 9.53 Å². The predicted molar refractivity (Wildman–Crippen MR) is 101 cm³/mol. The highest BCUT2D eigenvalue weighted by Gasteiger charge is 2.35. The summed E-state index contributed by atoms with van der Waals surface area (Å²) in [6.07, 6.45) is 4.91. The number of fused-ring (bicyclic) bond motifs is 1. The maximum atomic E-state index is 13.3. The molecular weight excluding hydrogens is 356 g/mol. The molecule has 1 saturated heterocycles. The van der Waals surface area contributed by atoms with E-state index >= 15 is 0 Å². The quantitative estimate of drug-likeness (QED) is 0.597. The summed E-state index contributed by atoms with van der Waals surface area (Å²) in [5.74, 6) is -0.191. The van der Waals surface area contributed by atoms with Crippen LogP contribution in [0.3, 0.4) is 0 Å². The average molecular weight is 379 g/mol. The van der Waals surface area contributed by atoms with Gasteiger partial charge in [0.15, 0.2) is 5.16 Å². The zero-order valence-electron chi connectivity index (χ0n) is 14.7. The minimum Gasteiger partial charge on any atom is -0.462 e. The first-order valence-corrected chi connectivity index (χ1v) is 10.5. The molecule has 1 saturated carbocycles. The zero-order valence-corrected chi connectivity index (χ0v) is 16.3. The largest absolute Gasteiger partial charge is 0.462 e. The second kappa shape index (κ2) is 6.43. The number of hydrogen-bond donors (Lipinski definition) is 0. The fourth-order valence-electron chi connectivity index (χ4n) is 3.80. The molecule has 2 aromatic heterocycles. The summed E-state index contributed by atoms with van der Waals surface area (Å²) in [4.78, 5) is 32.1. The van der Waals surface area contributed by atoms with Crippen molar-refractivity contribution >= 4 is 39.3 Å². The number of thiophene rings is 1. The third-order valence-electron chi connectivity index (χ3n) is 5.27. The van der Waals surface area contributed by atoms with E-state index in [0.717, 1.165) is 46.3 Å². The van der Waals surface area contributed by atoms with Crippen LogP contribution in [0.2, 0.25) is 0 Å². The normalized spacial score (nSPS) is 24.4. The lowest BCUT2D eigenvalue weighted by Crippen LogP contribution is -2.27. The molecule has 134 valence electrons. The highest BCUT2D eigenvalue weighted by molar-refractivity contribution is 8.00. The van der Waals surface area contributed by atoms with Crippen LogP contribution < -0.4 is 5.56 Å². The fraction of sp³-hybridized carbons (Fsp3) is 0.611. The van der Waals surface area contributed by atoms with E-state index in [1.54, 1.807) is 11.3 Å². The Morgan fingerprint density at radius 3 is 2.60 bits per heavy atom. The summed E-state index contributed by atoms with van der Waals surface area (Å²) in [7, 11) is 0. The van der Waals surface area contributed by atoms with Gasteiger partial charge >= 0.3 is 5.97 Å². The number of ether oxygens (including phenoxy) is 1. The standard InChI is InChI=1S/C18H22N2O3S2/c1-9-8-13(17(22)23-9)25-18-19-15-14(10(2)11(3)24-15)16(21)20(18)12-6-4-5-7-12/h9,12-13H,4-8H2,1-3H3/t9-,13+/m0/s1. The van der Waals surface area contributed by atoms with Gasteiger partial charge in [0, 0.05) is 17.3 Å². The van der Waals surface area contributed by atoms with Gasteiger partial charge in [-0.1, -0.05) is 24.6 Å². The minimum absolute atomic E-state index is 0.0562. The second-order valence-corrected chi connectivity index (χ2v) is 9.43. The molecule has 2 aromatic rings. The Bertz CT molecular complexity index is 896. The highest BCUT2D eigenvalue weighted by atomic mass is 32.2. The molecule has 7 heteroatoms. The number of carbonyl (C=O) groups is 1. The van der Waals surface area contributed by atoms with E-state index in [4.69, 9.17) is 9.72 Å². The van der Waals surface area contributed by atoms with Crippen molar-refractivity contribution in [2.24, 2.45) is 0 Å². The molecule has 3 heterocycles. The molecule has 2 fully saturated rings. The Labute approximate surface area is 154 Å². The van der Waals surface area contributed by atoms with Crippen LogP contribution in [0.25, 0.3) is 10.2 Å². The minimum atomic E-state index is -0.269. The Hall–Kier alpha value is -1.34. The van der Waals surface area contributed by atoms with Crippen LogP contribution in [0.1, 0.15) is 55.5 Å². The van der Waals surface area contributed by atoms with Gasteiger partial charge in [-0.2, -0.15) is 0 Å². The molecule has 0 spiro atoms. The van der Waals surface area contributed by atoms with Crippen LogP contribution in [0.4, 0.5) is 0 Å². The molecule has 25 heavy (non-hydrogen) atoms. The maximum Gasteiger partial charge on any atom is 0.319 e. The van der Waals surface area contributed by atoms with Gasteiger partial charge in [-0.15, -0.1) is 11.3 Å². The van der Waals surface area contributed by atoms with Gasteiger partial charge in [-0.05, 0) is 39.2 Å². The number of rotatable bonds is 3. The van der Waals surface area contributed by atoms with E-state index in [2.05, 4.69) is 0 Å². The summed E-state index contributed by atoms with van der Waals surface area (Å²) in [6.45, 7) is 5.94. The van der Waals surface area contributed by atoms with Gasteiger partial charge in [0.2, 0.25) is 0 Å². The van der Waals surface area contributed by atoms with Crippen molar-refractivity contribution in [2.45, 2.75) is 75.4 Å². The van der Waals surface area contributed by atoms with E-state index in [1.165, 1.54) is 11.8 Å². The molecule has 0 radical (unpaired) electrons. The number of aryl methyl sites for hydroxylation is 2. The summed E-state index contributed by atoms with van der Waals surface area (Å²) in [6, 6.07) is 0.196. The smallest absolute Gasteiger partial charge is 0.319 e. The van der Waals surface area contributed by atoms with Crippen LogP contribution in [-0.2, 0) is 9.53 Å². The summed E-state index contributed by atoms with van der Waals surface area (Å²) < 4.78 is 7.15. The molecule has 1 aliphatic carbocycles. The molecule has 5 nitrogen and oxygen atoms in total. The lowest BCUT2D eigenvalue weighted by Gasteiger charge is -2.19. The van der Waals surface area contributed by atoms with Crippen molar-refractivity contribution in [1.29, 1.82) is 0 Å². The lowest BCUT2D eigenvalue weighted by molar-refractivity contribution is -0.140. The lowest BCUT2D eigenvalue weighted by atomic mass is 10.2. The number of thioether (sulfide) groups is 1. The Balaban J connectivity index is 1.85. The summed E-state index contributed by atoms with van der Waals surface area (Å²) in [5, 5.41) is 1.16. The van der Waals surface area contributed by atoms with Crippen molar-refractivity contribution in [3.05, 3.63) is 20.8 Å². The fourth-order valence-corrected chi connectivity index (χ4v) is 6.14. The molecule has 0 amide bonds. The molecule has 1 aliphatic heterocycles. The molecular formula is C18H22N2O3S2. The molecule has 2 aliphatic rings. The second-order valence-electron chi connectivity index (χ2n) is 7.06. The topological polar surface area (TPSA) is 61.2 Å². The highest BCUT2D eigenvalue weighted by Crippen LogP contribution is 2.37. The number of nitrogens with zero attached hydrogens (tertiary/aromatic N) is 2. The first-order valence-electron chi connectivity index (χ1n) is 8.85. The number of aromatic nitrogens is 2. The predicted octanol–water partition coefficient (Wildman–Crippen LogP) is 3.99. The van der Waals surface area contributed by atoms with E-state index in [1.807, 2.05) is 25.3 Å². The molecule has 0 unspecified atom stereocenters. The van der Waals surface area contributed by atoms with Crippen LogP contribution in [-0.4, -0.2) is 26.9 Å². The van der Waals surface area contributed by atoms with E-state index in [9.17, 15) is 9.59 Å². The van der Waals surface area contributed by atoms with Crippen LogP contribution in [0, 0.1) is 13.8 Å². The SMILES string of the molecule is Cc1sc2nc(S[C@@H]3C[C@H](C)OC3=O)n(C3CCCC3)c(=O)c2c1C. The molecule has 2 atom stereocenters. The van der Waals surface area contributed by atoms with E-state index < -0.39 is 0 Å². The van der Waals surface area contributed by atoms with Gasteiger partial charge in [0.1, 0.15) is 16.2 Å². The zero-order chi connectivity index (χ0) is 17.7. The molecule has 4 rings (SSSR count). The monoisotopic (exact) mass is 378 g/mol. The Morgan fingerprint density at radius 1 is 1.24 bits per heavy atom. The van der Waals surface area contributed by atoms with Crippen LogP contribution in [0.5, 0.6) is 0 Å². The van der Waals surface area contributed by atoms with Gasteiger partial charge in [0.25, 0.3) is 5.56 Å². The molecule has 0 bridgehead atoms. The van der Waals surface area contributed by atoms with Gasteiger partial charge in [-0.25, -0.2) is 4.98 Å². The van der Waals surface area contributed by atoms with Crippen LogP contribution in [0.15, 0.2) is 9.95 Å². The number of esters is 1. The first kappa shape index (κ1) is 17.1. The van der Waals surface area contributed by atoms with Crippen molar-refractivity contribution in [2.75, 3.05) is 0 Å². The Kier molecular flexibility index (Phi) is 4.40. The number of cyclic esters (lactones) is 1. The average Bonchev–Trinajstić information content (AvgIpc) is 3.23. The summed E-state index contributed by atoms with van der Waals surface area (Å²) >= 11 is 2.97. The third kappa shape index (κ3) is 2.91. The van der Waals surface area contributed by atoms with E-state index in [-0.39, 0.29) is 28.9 Å². The number of hydrogen-bond acceptors (Lipinski definition) is 6. The van der Waals surface area contributed by atoms with Gasteiger partial charge < -0.3 is 4.74 Å². The first-order chi connectivity index (χ1) is 12.0. The van der Waals surface area contributed by atoms with Crippen LogP contribution >= 0.6 is 23.1 Å². The molecule has 0 aromatic carbocycles. The van der Waals surface area contributed by atoms with Crippen molar-refractivity contribution in [3.8, 4) is 0 Å². The summed E-state index contributed by atoms with van der Waals surface area (Å²) in [5.41, 5.74) is 1.09. The molecule has 0 N–H and O–H groups in total. The Morgan fingerprint density at radius 2 is 1.96 bits per heavy atom. The maximum absolute atomic E-state index is 13.3.